The van der Waals surface area contributed by atoms with Crippen LogP contribution in [-0.4, -0.2) is 4.98 Å². The van der Waals surface area contributed by atoms with Gasteiger partial charge in [-0.1, -0.05) is 23.9 Å². The van der Waals surface area contributed by atoms with Gasteiger partial charge in [-0.15, -0.1) is 0 Å². The molecule has 1 aromatic heterocycles. The topological polar surface area (TPSA) is 38.9 Å². The molecule has 18 heavy (non-hydrogen) atoms. The molecule has 0 aliphatic rings. The van der Waals surface area contributed by atoms with Crippen molar-refractivity contribution < 1.29 is 13.2 Å². The maximum atomic E-state index is 12.5. The van der Waals surface area contributed by atoms with Gasteiger partial charge in [-0.05, 0) is 30.3 Å². The third-order valence-corrected chi connectivity index (χ3v) is 3.02. The average molecular weight is 270 g/mol. The predicted octanol–water partition coefficient (Wildman–Crippen LogP) is 3.83. The molecule has 2 N–H and O–H groups in total. The molecule has 2 aromatic rings. The molecule has 1 aromatic carbocycles. The van der Waals surface area contributed by atoms with Crippen molar-refractivity contribution in [1.82, 2.24) is 4.98 Å². The first-order valence-corrected chi connectivity index (χ1v) is 5.84. The van der Waals surface area contributed by atoms with Crippen LogP contribution in [0.3, 0.4) is 0 Å². The Morgan fingerprint density at radius 1 is 1.06 bits per heavy atom. The number of alkyl halides is 3. The Labute approximate surface area is 106 Å². The molecule has 0 saturated carbocycles. The number of hydrogen-bond donors (Lipinski definition) is 1. The lowest BCUT2D eigenvalue weighted by atomic mass is 10.3. The second-order valence-corrected chi connectivity index (χ2v) is 4.63. The van der Waals surface area contributed by atoms with E-state index in [1.807, 2.05) is 0 Å². The summed E-state index contributed by atoms with van der Waals surface area (Å²) < 4.78 is 37.4. The molecule has 0 aliphatic heterocycles. The van der Waals surface area contributed by atoms with E-state index in [4.69, 9.17) is 5.73 Å². The van der Waals surface area contributed by atoms with Gasteiger partial charge in [0.05, 0.1) is 0 Å². The molecule has 0 saturated heterocycles. The van der Waals surface area contributed by atoms with Crippen LogP contribution in [-0.2, 0) is 6.18 Å². The van der Waals surface area contributed by atoms with E-state index < -0.39 is 11.9 Å². The zero-order chi connectivity index (χ0) is 13.2. The van der Waals surface area contributed by atoms with Crippen molar-refractivity contribution in [1.29, 1.82) is 0 Å². The Balaban J connectivity index is 2.25. The minimum Gasteiger partial charge on any atom is -0.399 e. The van der Waals surface area contributed by atoms with Crippen molar-refractivity contribution in [2.75, 3.05) is 5.73 Å². The summed E-state index contributed by atoms with van der Waals surface area (Å²) in [5.74, 6) is 0. The van der Waals surface area contributed by atoms with E-state index in [0.29, 0.717) is 5.69 Å². The van der Waals surface area contributed by atoms with E-state index >= 15 is 0 Å². The van der Waals surface area contributed by atoms with Gasteiger partial charge in [0, 0.05) is 10.6 Å². The average Bonchev–Trinajstić information content (AvgIpc) is 2.28. The van der Waals surface area contributed by atoms with E-state index in [-0.39, 0.29) is 5.03 Å². The highest BCUT2D eigenvalue weighted by Crippen LogP contribution is 2.32. The molecular formula is C12H9F3N2S. The summed E-state index contributed by atoms with van der Waals surface area (Å²) in [5, 5.41) is 0.287. The number of nitrogen functional groups attached to an aromatic ring is 1. The van der Waals surface area contributed by atoms with E-state index in [9.17, 15) is 13.2 Å². The molecule has 2 nitrogen and oxygen atoms in total. The van der Waals surface area contributed by atoms with Crippen LogP contribution >= 0.6 is 11.8 Å². The van der Waals surface area contributed by atoms with Crippen molar-refractivity contribution >= 4 is 17.4 Å². The number of aromatic nitrogens is 1. The lowest BCUT2D eigenvalue weighted by Gasteiger charge is -2.07. The molecule has 0 radical (unpaired) electrons. The highest BCUT2D eigenvalue weighted by atomic mass is 32.2. The van der Waals surface area contributed by atoms with Gasteiger partial charge < -0.3 is 5.73 Å². The van der Waals surface area contributed by atoms with Gasteiger partial charge in [-0.2, -0.15) is 13.2 Å². The smallest absolute Gasteiger partial charge is 0.399 e. The summed E-state index contributed by atoms with van der Waals surface area (Å²) >= 11 is 1.14. The van der Waals surface area contributed by atoms with Gasteiger partial charge in [0.25, 0.3) is 0 Å². The number of nitrogens with two attached hydrogens (primary N) is 1. The predicted molar refractivity (Wildman–Crippen MR) is 64.2 cm³/mol. The highest BCUT2D eigenvalue weighted by Gasteiger charge is 2.32. The Morgan fingerprint density at radius 3 is 2.44 bits per heavy atom. The Morgan fingerprint density at radius 2 is 1.78 bits per heavy atom. The maximum Gasteiger partial charge on any atom is 0.433 e. The lowest BCUT2D eigenvalue weighted by molar-refractivity contribution is -0.141. The minimum atomic E-state index is -4.42. The SMILES string of the molecule is Nc1cccc(Sc2cccc(C(F)(F)F)n2)c1. The van der Waals surface area contributed by atoms with Crippen LogP contribution in [0, 0.1) is 0 Å². The van der Waals surface area contributed by atoms with Gasteiger partial charge >= 0.3 is 6.18 Å². The molecule has 0 atom stereocenters. The van der Waals surface area contributed by atoms with Gasteiger partial charge in [-0.3, -0.25) is 0 Å². The number of halogens is 3. The quantitative estimate of drug-likeness (QED) is 0.843. The first kappa shape index (κ1) is 12.8. The third-order valence-electron chi connectivity index (χ3n) is 2.09. The molecule has 0 amide bonds. The molecule has 6 heteroatoms. The second-order valence-electron chi connectivity index (χ2n) is 3.53. The fourth-order valence-electron chi connectivity index (χ4n) is 1.33. The van der Waals surface area contributed by atoms with Crippen LogP contribution in [0.1, 0.15) is 5.69 Å². The summed E-state index contributed by atoms with van der Waals surface area (Å²) in [6, 6.07) is 10.7. The normalized spacial score (nSPS) is 11.5. The zero-order valence-corrected chi connectivity index (χ0v) is 9.92. The van der Waals surface area contributed by atoms with Crippen molar-refractivity contribution in [2.24, 2.45) is 0 Å². The molecular weight excluding hydrogens is 261 g/mol. The largest absolute Gasteiger partial charge is 0.433 e. The molecule has 0 aliphatic carbocycles. The zero-order valence-electron chi connectivity index (χ0n) is 9.11. The Hall–Kier alpha value is -1.69. The molecule has 0 fully saturated rings. The van der Waals surface area contributed by atoms with Crippen molar-refractivity contribution in [3.63, 3.8) is 0 Å². The summed E-state index contributed by atoms with van der Waals surface area (Å²) in [6.07, 6.45) is -4.42. The first-order valence-electron chi connectivity index (χ1n) is 5.03. The van der Waals surface area contributed by atoms with Gasteiger partial charge in [0.15, 0.2) is 0 Å². The van der Waals surface area contributed by atoms with Crippen molar-refractivity contribution in [2.45, 2.75) is 16.1 Å². The van der Waals surface area contributed by atoms with Gasteiger partial charge in [-0.25, -0.2) is 4.98 Å². The van der Waals surface area contributed by atoms with E-state index in [1.165, 1.54) is 12.1 Å². The minimum absolute atomic E-state index is 0.287. The molecule has 0 unspecified atom stereocenters. The van der Waals surface area contributed by atoms with Crippen LogP contribution in [0.5, 0.6) is 0 Å². The number of nitrogens with zero attached hydrogens (tertiary/aromatic N) is 1. The number of anilines is 1. The summed E-state index contributed by atoms with van der Waals surface area (Å²) in [5.41, 5.74) is 5.27. The van der Waals surface area contributed by atoms with E-state index in [2.05, 4.69) is 4.98 Å². The molecule has 0 spiro atoms. The number of hydrogen-bond acceptors (Lipinski definition) is 3. The monoisotopic (exact) mass is 270 g/mol. The van der Waals surface area contributed by atoms with E-state index in [0.717, 1.165) is 22.7 Å². The second kappa shape index (κ2) is 4.89. The van der Waals surface area contributed by atoms with Crippen LogP contribution in [0.4, 0.5) is 18.9 Å². The highest BCUT2D eigenvalue weighted by molar-refractivity contribution is 7.99. The van der Waals surface area contributed by atoms with Crippen molar-refractivity contribution in [3.05, 3.63) is 48.2 Å². The standard InChI is InChI=1S/C12H9F3N2S/c13-12(14,15)10-5-2-6-11(17-10)18-9-4-1-3-8(16)7-9/h1-7H,16H2. The Kier molecular flexibility index (Phi) is 3.47. The maximum absolute atomic E-state index is 12.5. The number of rotatable bonds is 2. The molecule has 2 rings (SSSR count). The fraction of sp³-hybridized carbons (Fsp3) is 0.0833. The van der Waals surface area contributed by atoms with Crippen LogP contribution in [0.15, 0.2) is 52.4 Å². The lowest BCUT2D eigenvalue weighted by Crippen LogP contribution is -2.07. The summed E-state index contributed by atoms with van der Waals surface area (Å²) in [6.45, 7) is 0. The molecule has 0 bridgehead atoms. The summed E-state index contributed by atoms with van der Waals surface area (Å²) in [7, 11) is 0. The van der Waals surface area contributed by atoms with E-state index in [1.54, 1.807) is 24.3 Å². The number of benzene rings is 1. The van der Waals surface area contributed by atoms with Crippen LogP contribution < -0.4 is 5.73 Å². The fourth-order valence-corrected chi connectivity index (χ4v) is 2.20. The first-order chi connectivity index (χ1) is 8.45. The summed E-state index contributed by atoms with van der Waals surface area (Å²) in [4.78, 5) is 4.32. The molecule has 94 valence electrons. The van der Waals surface area contributed by atoms with Crippen molar-refractivity contribution in [3.8, 4) is 0 Å². The van der Waals surface area contributed by atoms with Crippen LogP contribution in [0.2, 0.25) is 0 Å². The third kappa shape index (κ3) is 3.16. The number of pyridine rings is 1. The molecule has 1 heterocycles. The van der Waals surface area contributed by atoms with Gasteiger partial charge in [0.1, 0.15) is 10.7 Å². The van der Waals surface area contributed by atoms with Gasteiger partial charge in [0.2, 0.25) is 0 Å². The Bertz CT molecular complexity index is 555. The van der Waals surface area contributed by atoms with Crippen LogP contribution in [0.25, 0.3) is 0 Å².